The minimum absolute atomic E-state index is 0.238. The highest BCUT2D eigenvalue weighted by Crippen LogP contribution is 2.41. The molecule has 1 heterocycles. The van der Waals surface area contributed by atoms with Gasteiger partial charge in [-0.15, -0.1) is 0 Å². The number of benzene rings is 1. The number of nitrogens with zero attached hydrogens (tertiary/aromatic N) is 1. The first kappa shape index (κ1) is 15.4. The van der Waals surface area contributed by atoms with Crippen molar-refractivity contribution in [3.8, 4) is 5.75 Å². The Morgan fingerprint density at radius 3 is 2.52 bits per heavy atom. The van der Waals surface area contributed by atoms with Gasteiger partial charge in [0.05, 0.1) is 19.8 Å². The van der Waals surface area contributed by atoms with Gasteiger partial charge in [0.25, 0.3) is 0 Å². The minimum atomic E-state index is -0.360. The number of allylic oxidation sites excluding steroid dienone is 1. The van der Waals surface area contributed by atoms with Crippen molar-refractivity contribution in [2.45, 2.75) is 39.3 Å². The van der Waals surface area contributed by atoms with Crippen LogP contribution in [0.5, 0.6) is 5.75 Å². The van der Waals surface area contributed by atoms with Gasteiger partial charge in [0.2, 0.25) is 0 Å². The second-order valence-corrected chi connectivity index (χ2v) is 5.93. The molecule has 1 aromatic rings. The first-order valence-electron chi connectivity index (χ1n) is 7.07. The number of anilines is 1. The average Bonchev–Trinajstić information content (AvgIpc) is 2.44. The minimum Gasteiger partial charge on any atom is -0.497 e. The number of rotatable bonds is 3. The molecule has 4 heteroatoms. The van der Waals surface area contributed by atoms with Crippen LogP contribution < -0.4 is 9.64 Å². The Labute approximate surface area is 126 Å². The molecule has 0 fully saturated rings. The summed E-state index contributed by atoms with van der Waals surface area (Å²) in [5.41, 5.74) is 3.03. The molecule has 0 aliphatic carbocycles. The van der Waals surface area contributed by atoms with Gasteiger partial charge >= 0.3 is 5.97 Å². The fraction of sp³-hybridized carbons (Fsp3) is 0.471. The molecule has 2 rings (SSSR count). The second kappa shape index (κ2) is 5.43. The van der Waals surface area contributed by atoms with Gasteiger partial charge in [0.1, 0.15) is 11.8 Å². The van der Waals surface area contributed by atoms with Gasteiger partial charge in [0.15, 0.2) is 0 Å². The van der Waals surface area contributed by atoms with Crippen molar-refractivity contribution >= 4 is 17.2 Å². The molecular formula is C17H23NO3. The van der Waals surface area contributed by atoms with Gasteiger partial charge in [-0.3, -0.25) is 0 Å². The molecule has 0 radical (unpaired) electrons. The van der Waals surface area contributed by atoms with Crippen LogP contribution in [0.3, 0.4) is 0 Å². The number of carbonyl (C=O) groups excluding carboxylic acids is 1. The van der Waals surface area contributed by atoms with Gasteiger partial charge in [-0.25, -0.2) is 4.79 Å². The molecule has 21 heavy (non-hydrogen) atoms. The van der Waals surface area contributed by atoms with Gasteiger partial charge in [-0.1, -0.05) is 6.08 Å². The van der Waals surface area contributed by atoms with Crippen molar-refractivity contribution in [3.05, 3.63) is 29.8 Å². The summed E-state index contributed by atoms with van der Waals surface area (Å²) in [6.07, 6.45) is 2.17. The van der Waals surface area contributed by atoms with E-state index in [1.54, 1.807) is 7.11 Å². The summed E-state index contributed by atoms with van der Waals surface area (Å²) in [6, 6.07) is 5.57. The molecule has 0 saturated carbocycles. The van der Waals surface area contributed by atoms with E-state index in [2.05, 4.69) is 31.7 Å². The van der Waals surface area contributed by atoms with E-state index in [1.165, 1.54) is 12.7 Å². The van der Waals surface area contributed by atoms with Crippen LogP contribution in [0, 0.1) is 0 Å². The lowest BCUT2D eigenvalue weighted by Gasteiger charge is -2.45. The Morgan fingerprint density at radius 2 is 1.95 bits per heavy atom. The molecule has 0 aromatic heterocycles. The third kappa shape index (κ3) is 2.62. The van der Waals surface area contributed by atoms with Crippen LogP contribution in [0.25, 0.3) is 5.57 Å². The van der Waals surface area contributed by atoms with Crippen molar-refractivity contribution in [2.75, 3.05) is 19.1 Å². The van der Waals surface area contributed by atoms with E-state index in [1.807, 2.05) is 25.1 Å². The van der Waals surface area contributed by atoms with Crippen LogP contribution in [-0.4, -0.2) is 31.8 Å². The maximum Gasteiger partial charge on any atom is 0.328 e. The summed E-state index contributed by atoms with van der Waals surface area (Å²) in [6.45, 7) is 8.16. The lowest BCUT2D eigenvalue weighted by atomic mass is 9.87. The number of ether oxygens (including phenoxy) is 2. The second-order valence-electron chi connectivity index (χ2n) is 5.93. The first-order chi connectivity index (χ1) is 9.81. The quantitative estimate of drug-likeness (QED) is 0.801. The Balaban J connectivity index is 2.58. The molecule has 0 bridgehead atoms. The lowest BCUT2D eigenvalue weighted by Crippen LogP contribution is -2.53. The third-order valence-corrected chi connectivity index (χ3v) is 4.01. The largest absolute Gasteiger partial charge is 0.497 e. The van der Waals surface area contributed by atoms with Crippen molar-refractivity contribution < 1.29 is 14.3 Å². The molecule has 0 saturated heterocycles. The number of esters is 1. The van der Waals surface area contributed by atoms with Gasteiger partial charge in [-0.05, 0) is 51.5 Å². The zero-order valence-electron chi connectivity index (χ0n) is 13.6. The third-order valence-electron chi connectivity index (χ3n) is 4.01. The fourth-order valence-corrected chi connectivity index (χ4v) is 3.14. The average molecular weight is 289 g/mol. The predicted octanol–water partition coefficient (Wildman–Crippen LogP) is 3.26. The topological polar surface area (TPSA) is 38.8 Å². The summed E-state index contributed by atoms with van der Waals surface area (Å²) in [7, 11) is 3.08. The Morgan fingerprint density at radius 1 is 1.29 bits per heavy atom. The SMILES string of the molecule is COC(=O)C(C)N1c2ccc(OC)cc2C(C)=CC1(C)C. The van der Waals surface area contributed by atoms with Crippen LogP contribution in [0.1, 0.15) is 33.3 Å². The highest BCUT2D eigenvalue weighted by molar-refractivity contribution is 5.87. The summed E-state index contributed by atoms with van der Waals surface area (Å²) in [5.74, 6) is 0.574. The molecule has 1 aromatic carbocycles. The molecule has 114 valence electrons. The van der Waals surface area contributed by atoms with Crippen molar-refractivity contribution in [1.29, 1.82) is 0 Å². The van der Waals surface area contributed by atoms with Crippen LogP contribution in [0.15, 0.2) is 24.3 Å². The molecule has 1 unspecified atom stereocenters. The monoisotopic (exact) mass is 289 g/mol. The molecule has 1 aliphatic rings. The maximum absolute atomic E-state index is 12.0. The van der Waals surface area contributed by atoms with Gasteiger partial charge in [0, 0.05) is 11.3 Å². The molecule has 4 nitrogen and oxygen atoms in total. The smallest absolute Gasteiger partial charge is 0.328 e. The van der Waals surface area contributed by atoms with Crippen LogP contribution in [-0.2, 0) is 9.53 Å². The zero-order valence-corrected chi connectivity index (χ0v) is 13.6. The highest BCUT2D eigenvalue weighted by Gasteiger charge is 2.37. The lowest BCUT2D eigenvalue weighted by molar-refractivity contribution is -0.142. The predicted molar refractivity (Wildman–Crippen MR) is 84.7 cm³/mol. The number of carbonyl (C=O) groups is 1. The summed E-state index contributed by atoms with van der Waals surface area (Å²) in [4.78, 5) is 14.1. The standard InChI is InChI=1S/C17H23NO3/c1-11-10-17(3,4)18(12(2)16(19)21-6)15-8-7-13(20-5)9-14(11)15/h7-10,12H,1-6H3. The first-order valence-corrected chi connectivity index (χ1v) is 7.07. The molecule has 1 atom stereocenters. The van der Waals surface area contributed by atoms with Gasteiger partial charge in [-0.2, -0.15) is 0 Å². The van der Waals surface area contributed by atoms with E-state index in [0.29, 0.717) is 0 Å². The summed E-state index contributed by atoms with van der Waals surface area (Å²) < 4.78 is 10.2. The number of hydrogen-bond donors (Lipinski definition) is 0. The van der Waals surface area contributed by atoms with Crippen molar-refractivity contribution in [1.82, 2.24) is 0 Å². The number of fused-ring (bicyclic) bond motifs is 1. The van der Waals surface area contributed by atoms with Crippen LogP contribution >= 0.6 is 0 Å². The molecule has 0 N–H and O–H groups in total. The van der Waals surface area contributed by atoms with E-state index in [9.17, 15) is 4.79 Å². The summed E-state index contributed by atoms with van der Waals surface area (Å²) >= 11 is 0. The zero-order chi connectivity index (χ0) is 15.8. The van der Waals surface area contributed by atoms with Crippen LogP contribution in [0.4, 0.5) is 5.69 Å². The van der Waals surface area contributed by atoms with E-state index in [-0.39, 0.29) is 17.6 Å². The Kier molecular flexibility index (Phi) is 3.99. The number of methoxy groups -OCH3 is 2. The normalized spacial score (nSPS) is 17.6. The van der Waals surface area contributed by atoms with E-state index >= 15 is 0 Å². The Hall–Kier alpha value is -1.97. The van der Waals surface area contributed by atoms with Gasteiger partial charge < -0.3 is 14.4 Å². The molecule has 1 aliphatic heterocycles. The Bertz CT molecular complexity index is 590. The molecule has 0 spiro atoms. The van der Waals surface area contributed by atoms with E-state index < -0.39 is 0 Å². The number of hydrogen-bond acceptors (Lipinski definition) is 4. The van der Waals surface area contributed by atoms with E-state index in [4.69, 9.17) is 9.47 Å². The van der Waals surface area contributed by atoms with E-state index in [0.717, 1.165) is 17.0 Å². The maximum atomic E-state index is 12.0. The van der Waals surface area contributed by atoms with Crippen molar-refractivity contribution in [3.63, 3.8) is 0 Å². The highest BCUT2D eigenvalue weighted by atomic mass is 16.5. The van der Waals surface area contributed by atoms with Crippen molar-refractivity contribution in [2.24, 2.45) is 0 Å². The molecule has 0 amide bonds. The molecular weight excluding hydrogens is 266 g/mol. The summed E-state index contributed by atoms with van der Waals surface area (Å²) in [5, 5.41) is 0. The van der Waals surface area contributed by atoms with Crippen LogP contribution in [0.2, 0.25) is 0 Å². The fourth-order valence-electron chi connectivity index (χ4n) is 3.14.